The van der Waals surface area contributed by atoms with Crippen molar-refractivity contribution in [2.24, 2.45) is 0 Å². The number of rotatable bonds is 11. The number of carbonyl (C=O) groups is 3. The standard InChI is InChI=1S/C40H49FN8O4/c1-4-17-47-27-39(52)48-35(20-30-14-15-33(50)21-34(30)41)40(53)46(26-37(48)49(47)38(51)16-13-29-9-6-5-7-10-29)23-31-11-8-12-36(42-31)45-24-32(25-45)44-19-18-43(3)28(2)22-44/h4-12,14-15,21,28,32,35,37,50H,1,13,16-20,22-27H2,2-3H3/t28-,35-,37?/m0/s1. The Bertz CT molecular complexity index is 1820. The normalized spacial score (nSPS) is 23.3. The van der Waals surface area contributed by atoms with E-state index in [-0.39, 0.29) is 68.1 Å². The van der Waals surface area contributed by atoms with Gasteiger partial charge in [-0.2, -0.15) is 0 Å². The highest BCUT2D eigenvalue weighted by Gasteiger charge is 2.51. The Morgan fingerprint density at radius 1 is 1.02 bits per heavy atom. The number of halogens is 1. The Balaban J connectivity index is 1.14. The molecule has 0 bridgehead atoms. The molecule has 0 radical (unpaired) electrons. The van der Waals surface area contributed by atoms with Gasteiger partial charge in [0.2, 0.25) is 17.7 Å². The van der Waals surface area contributed by atoms with Gasteiger partial charge in [0.15, 0.2) is 0 Å². The van der Waals surface area contributed by atoms with Crippen molar-refractivity contribution < 1.29 is 23.9 Å². The maximum atomic E-state index is 15.2. The Hall–Kier alpha value is -4.85. The maximum Gasteiger partial charge on any atom is 0.246 e. The van der Waals surface area contributed by atoms with Crippen LogP contribution in [0.1, 0.15) is 30.2 Å². The molecule has 4 saturated heterocycles. The zero-order chi connectivity index (χ0) is 37.2. The number of likely N-dealkylation sites (N-methyl/N-ethyl adjacent to an activating group) is 1. The molecule has 3 atom stereocenters. The lowest BCUT2D eigenvalue weighted by molar-refractivity contribution is -0.205. The van der Waals surface area contributed by atoms with E-state index in [2.05, 4.69) is 35.3 Å². The van der Waals surface area contributed by atoms with Gasteiger partial charge in [-0.05, 0) is 49.7 Å². The number of anilines is 1. The zero-order valence-corrected chi connectivity index (χ0v) is 30.6. The van der Waals surface area contributed by atoms with Gasteiger partial charge in [-0.15, -0.1) is 6.58 Å². The van der Waals surface area contributed by atoms with E-state index in [0.717, 1.165) is 50.2 Å². The van der Waals surface area contributed by atoms with E-state index in [0.29, 0.717) is 24.2 Å². The second-order valence-corrected chi connectivity index (χ2v) is 14.7. The molecule has 5 heterocycles. The Morgan fingerprint density at radius 2 is 1.81 bits per heavy atom. The van der Waals surface area contributed by atoms with Crippen LogP contribution in [0.4, 0.5) is 10.2 Å². The molecule has 0 aliphatic carbocycles. The van der Waals surface area contributed by atoms with Crippen molar-refractivity contribution in [3.8, 4) is 5.75 Å². The number of piperazine rings is 2. The molecule has 13 heteroatoms. The van der Waals surface area contributed by atoms with E-state index >= 15 is 4.39 Å². The van der Waals surface area contributed by atoms with Crippen molar-refractivity contribution >= 4 is 23.5 Å². The minimum atomic E-state index is -1.08. The van der Waals surface area contributed by atoms with E-state index in [9.17, 15) is 19.5 Å². The van der Waals surface area contributed by atoms with Gasteiger partial charge in [-0.1, -0.05) is 48.5 Å². The van der Waals surface area contributed by atoms with Gasteiger partial charge in [-0.3, -0.25) is 19.3 Å². The highest BCUT2D eigenvalue weighted by Crippen LogP contribution is 2.31. The van der Waals surface area contributed by atoms with Crippen molar-refractivity contribution in [2.45, 2.75) is 57.0 Å². The molecule has 1 N–H and O–H groups in total. The van der Waals surface area contributed by atoms with Gasteiger partial charge in [0.25, 0.3) is 0 Å². The highest BCUT2D eigenvalue weighted by molar-refractivity contribution is 5.92. The second kappa shape index (κ2) is 15.6. The summed E-state index contributed by atoms with van der Waals surface area (Å²) in [5.41, 5.74) is 1.88. The molecule has 12 nitrogen and oxygen atoms in total. The maximum absolute atomic E-state index is 15.2. The van der Waals surface area contributed by atoms with Crippen molar-refractivity contribution in [3.05, 3.63) is 102 Å². The summed E-state index contributed by atoms with van der Waals surface area (Å²) in [5.74, 6) is -0.933. The lowest BCUT2D eigenvalue weighted by Gasteiger charge is -2.55. The summed E-state index contributed by atoms with van der Waals surface area (Å²) in [4.78, 5) is 57.8. The average Bonchev–Trinajstić information content (AvgIpc) is 3.11. The number of pyridine rings is 1. The molecule has 4 aliphatic heterocycles. The first-order valence-electron chi connectivity index (χ1n) is 18.5. The van der Waals surface area contributed by atoms with E-state index in [1.165, 1.54) is 17.0 Å². The van der Waals surface area contributed by atoms with Crippen LogP contribution in [0.15, 0.2) is 79.4 Å². The first-order chi connectivity index (χ1) is 25.6. The first-order valence-corrected chi connectivity index (χ1v) is 18.5. The summed E-state index contributed by atoms with van der Waals surface area (Å²) in [5, 5.41) is 13.2. The summed E-state index contributed by atoms with van der Waals surface area (Å²) in [6.07, 6.45) is 1.40. The predicted octanol–water partition coefficient (Wildman–Crippen LogP) is 2.74. The fraction of sp³-hybridized carbons (Fsp3) is 0.450. The van der Waals surface area contributed by atoms with Crippen LogP contribution in [-0.4, -0.2) is 141 Å². The number of hydrogen-bond donors (Lipinski definition) is 1. The number of phenolic OH excluding ortho intramolecular Hbond substituents is 1. The third kappa shape index (κ3) is 7.78. The topological polar surface area (TPSA) is 107 Å². The number of aromatic nitrogens is 1. The summed E-state index contributed by atoms with van der Waals surface area (Å²) in [7, 11) is 2.17. The summed E-state index contributed by atoms with van der Waals surface area (Å²) in [6, 6.07) is 19.3. The van der Waals surface area contributed by atoms with Crippen LogP contribution in [0.25, 0.3) is 0 Å². The number of fused-ring (bicyclic) bond motifs is 1. The summed E-state index contributed by atoms with van der Waals surface area (Å²) < 4.78 is 15.2. The van der Waals surface area contributed by atoms with Crippen LogP contribution in [0.2, 0.25) is 0 Å². The van der Waals surface area contributed by atoms with Gasteiger partial charge >= 0.3 is 0 Å². The fourth-order valence-corrected chi connectivity index (χ4v) is 8.03. The Kier molecular flexibility index (Phi) is 10.8. The average molecular weight is 725 g/mol. The van der Waals surface area contributed by atoms with Crippen LogP contribution < -0.4 is 4.90 Å². The molecular formula is C40H49FN8O4. The third-order valence-corrected chi connectivity index (χ3v) is 11.2. The quantitative estimate of drug-likeness (QED) is 0.299. The largest absolute Gasteiger partial charge is 0.508 e. The molecule has 4 fully saturated rings. The predicted molar refractivity (Wildman–Crippen MR) is 199 cm³/mol. The third-order valence-electron chi connectivity index (χ3n) is 11.2. The van der Waals surface area contributed by atoms with Crippen LogP contribution >= 0.6 is 0 Å². The van der Waals surface area contributed by atoms with E-state index in [1.807, 2.05) is 48.5 Å². The number of hydrogen-bond acceptors (Lipinski definition) is 9. The lowest BCUT2D eigenvalue weighted by Crippen LogP contribution is -2.76. The van der Waals surface area contributed by atoms with Crippen LogP contribution in [0.3, 0.4) is 0 Å². The zero-order valence-electron chi connectivity index (χ0n) is 30.6. The number of carbonyl (C=O) groups excluding carboxylic acids is 3. The van der Waals surface area contributed by atoms with E-state index < -0.39 is 18.0 Å². The minimum Gasteiger partial charge on any atom is -0.508 e. The number of nitrogens with zero attached hydrogens (tertiary/aromatic N) is 8. The summed E-state index contributed by atoms with van der Waals surface area (Å²) >= 11 is 0. The van der Waals surface area contributed by atoms with Gasteiger partial charge in [-0.25, -0.2) is 19.4 Å². The van der Waals surface area contributed by atoms with Gasteiger partial charge in [0.1, 0.15) is 29.6 Å². The number of phenols is 1. The van der Waals surface area contributed by atoms with Crippen LogP contribution in [-0.2, 0) is 33.8 Å². The molecule has 1 unspecified atom stereocenters. The molecular weight excluding hydrogens is 675 g/mol. The van der Waals surface area contributed by atoms with Gasteiger partial charge in [0.05, 0.1) is 25.3 Å². The van der Waals surface area contributed by atoms with E-state index in [4.69, 9.17) is 4.98 Å². The highest BCUT2D eigenvalue weighted by atomic mass is 19.1. The molecule has 1 aromatic heterocycles. The van der Waals surface area contributed by atoms with Gasteiger partial charge in [0, 0.05) is 70.3 Å². The molecule has 0 spiro atoms. The molecule has 2 aromatic carbocycles. The molecule has 53 heavy (non-hydrogen) atoms. The smallest absolute Gasteiger partial charge is 0.246 e. The fourth-order valence-electron chi connectivity index (χ4n) is 8.03. The molecule has 7 rings (SSSR count). The van der Waals surface area contributed by atoms with Crippen molar-refractivity contribution in [1.82, 2.24) is 34.6 Å². The number of hydrazine groups is 1. The SMILES string of the molecule is C=CCN1CC(=O)N2C(CN(Cc3cccc(N4CC(N5CCN(C)[C@@H](C)C5)C4)n3)C(=O)[C@@H]2Cc2ccc(O)cc2F)N1C(=O)CCc1ccccc1. The number of benzene rings is 2. The molecule has 3 aromatic rings. The Labute approximate surface area is 310 Å². The molecule has 4 aliphatic rings. The number of aryl methyl sites for hydroxylation is 1. The number of aromatic hydroxyl groups is 1. The lowest BCUT2D eigenvalue weighted by atomic mass is 9.97. The monoisotopic (exact) mass is 724 g/mol. The van der Waals surface area contributed by atoms with Crippen molar-refractivity contribution in [1.29, 1.82) is 0 Å². The van der Waals surface area contributed by atoms with Crippen molar-refractivity contribution in [2.75, 3.05) is 64.3 Å². The molecule has 3 amide bonds. The van der Waals surface area contributed by atoms with E-state index in [1.54, 1.807) is 21.0 Å². The summed E-state index contributed by atoms with van der Waals surface area (Å²) in [6.45, 7) is 11.4. The second-order valence-electron chi connectivity index (χ2n) is 14.7. The van der Waals surface area contributed by atoms with Gasteiger partial charge < -0.3 is 24.7 Å². The van der Waals surface area contributed by atoms with Crippen LogP contribution in [0.5, 0.6) is 5.75 Å². The number of amides is 3. The first kappa shape index (κ1) is 36.5. The molecule has 0 saturated carbocycles. The molecule has 280 valence electrons. The van der Waals surface area contributed by atoms with Crippen LogP contribution in [0, 0.1) is 5.82 Å². The Morgan fingerprint density at radius 3 is 2.55 bits per heavy atom. The van der Waals surface area contributed by atoms with Crippen molar-refractivity contribution in [3.63, 3.8) is 0 Å². The minimum absolute atomic E-state index is 0.0587.